The minimum absolute atomic E-state index is 0.0163. The Labute approximate surface area is 145 Å². The SMILES string of the molecule is CON1C(=O)c2nc(Cl)cc(Cl)c2C1(O)c1cc(F)ccc1Cl. The third-order valence-corrected chi connectivity index (χ3v) is 4.28. The zero-order valence-electron chi connectivity index (χ0n) is 11.5. The number of nitrogens with zero attached hydrogens (tertiary/aromatic N) is 2. The van der Waals surface area contributed by atoms with Gasteiger partial charge in [0.05, 0.1) is 17.7 Å². The van der Waals surface area contributed by atoms with E-state index in [4.69, 9.17) is 39.6 Å². The molecule has 1 atom stereocenters. The maximum Gasteiger partial charge on any atom is 0.299 e. The van der Waals surface area contributed by atoms with Gasteiger partial charge in [-0.15, -0.1) is 0 Å². The summed E-state index contributed by atoms with van der Waals surface area (Å²) in [4.78, 5) is 21.3. The van der Waals surface area contributed by atoms with Crippen LogP contribution in [0.4, 0.5) is 4.39 Å². The molecular weight excluding hydrogens is 370 g/mol. The Kier molecular flexibility index (Phi) is 3.98. The second kappa shape index (κ2) is 5.58. The number of aliphatic hydroxyl groups is 1. The van der Waals surface area contributed by atoms with E-state index in [2.05, 4.69) is 4.98 Å². The quantitative estimate of drug-likeness (QED) is 0.815. The van der Waals surface area contributed by atoms with Crippen LogP contribution in [-0.4, -0.2) is 28.2 Å². The molecule has 0 radical (unpaired) electrons. The number of hydrogen-bond acceptors (Lipinski definition) is 4. The van der Waals surface area contributed by atoms with Crippen LogP contribution in [0.15, 0.2) is 24.3 Å². The summed E-state index contributed by atoms with van der Waals surface area (Å²) in [6.07, 6.45) is 0. The summed E-state index contributed by atoms with van der Waals surface area (Å²) >= 11 is 18.0. The Morgan fingerprint density at radius 2 is 1.96 bits per heavy atom. The number of hydroxylamine groups is 2. The van der Waals surface area contributed by atoms with Crippen LogP contribution in [0.5, 0.6) is 0 Å². The van der Waals surface area contributed by atoms with Crippen LogP contribution in [0.3, 0.4) is 0 Å². The molecule has 2 heterocycles. The lowest BCUT2D eigenvalue weighted by atomic mass is 9.96. The summed E-state index contributed by atoms with van der Waals surface area (Å²) in [6, 6.07) is 4.61. The van der Waals surface area contributed by atoms with Gasteiger partial charge in [-0.05, 0) is 24.3 Å². The molecule has 1 aliphatic heterocycles. The molecule has 9 heteroatoms. The lowest BCUT2D eigenvalue weighted by Crippen LogP contribution is -2.44. The Hall–Kier alpha value is -1.44. The second-order valence-corrected chi connectivity index (χ2v) is 5.93. The molecule has 1 N–H and O–H groups in total. The molecule has 0 spiro atoms. The van der Waals surface area contributed by atoms with E-state index in [9.17, 15) is 14.3 Å². The van der Waals surface area contributed by atoms with Crippen molar-refractivity contribution in [1.29, 1.82) is 0 Å². The van der Waals surface area contributed by atoms with Crippen LogP contribution in [0.2, 0.25) is 15.2 Å². The highest BCUT2D eigenvalue weighted by Crippen LogP contribution is 2.47. The lowest BCUT2D eigenvalue weighted by molar-refractivity contribution is -0.223. The van der Waals surface area contributed by atoms with E-state index in [1.54, 1.807) is 0 Å². The first-order valence-corrected chi connectivity index (χ1v) is 7.37. The van der Waals surface area contributed by atoms with Gasteiger partial charge in [-0.2, -0.15) is 5.06 Å². The average Bonchev–Trinajstić information content (AvgIpc) is 2.70. The van der Waals surface area contributed by atoms with Crippen LogP contribution in [0, 0.1) is 5.82 Å². The topological polar surface area (TPSA) is 62.7 Å². The lowest BCUT2D eigenvalue weighted by Gasteiger charge is -2.33. The largest absolute Gasteiger partial charge is 0.361 e. The molecule has 0 fully saturated rings. The highest BCUT2D eigenvalue weighted by Gasteiger charge is 2.54. The summed E-state index contributed by atoms with van der Waals surface area (Å²) in [5.74, 6) is -1.44. The Bertz CT molecular complexity index is 833. The van der Waals surface area contributed by atoms with E-state index in [0.29, 0.717) is 5.06 Å². The van der Waals surface area contributed by atoms with Gasteiger partial charge in [-0.1, -0.05) is 34.8 Å². The van der Waals surface area contributed by atoms with Gasteiger partial charge >= 0.3 is 0 Å². The zero-order valence-corrected chi connectivity index (χ0v) is 13.7. The van der Waals surface area contributed by atoms with Crippen molar-refractivity contribution < 1.29 is 19.1 Å². The maximum absolute atomic E-state index is 13.7. The number of pyridine rings is 1. The number of fused-ring (bicyclic) bond motifs is 1. The first kappa shape index (κ1) is 16.4. The monoisotopic (exact) mass is 376 g/mol. The fourth-order valence-electron chi connectivity index (χ4n) is 2.54. The van der Waals surface area contributed by atoms with Gasteiger partial charge in [-0.3, -0.25) is 9.63 Å². The Morgan fingerprint density at radius 1 is 1.26 bits per heavy atom. The Balaban J connectivity index is 2.38. The molecule has 1 amide bonds. The maximum atomic E-state index is 13.7. The number of benzene rings is 1. The van der Waals surface area contributed by atoms with Crippen molar-refractivity contribution in [3.8, 4) is 0 Å². The van der Waals surface area contributed by atoms with Crippen molar-refractivity contribution in [2.75, 3.05) is 7.11 Å². The van der Waals surface area contributed by atoms with Gasteiger partial charge in [-0.25, -0.2) is 9.37 Å². The molecule has 1 unspecified atom stereocenters. The first-order valence-electron chi connectivity index (χ1n) is 6.23. The van der Waals surface area contributed by atoms with Gasteiger partial charge in [0.15, 0.2) is 0 Å². The summed E-state index contributed by atoms with van der Waals surface area (Å²) < 4.78 is 13.7. The highest BCUT2D eigenvalue weighted by molar-refractivity contribution is 6.35. The van der Waals surface area contributed by atoms with Crippen LogP contribution in [-0.2, 0) is 10.6 Å². The van der Waals surface area contributed by atoms with Crippen molar-refractivity contribution in [3.63, 3.8) is 0 Å². The molecule has 5 nitrogen and oxygen atoms in total. The third-order valence-electron chi connectivity index (χ3n) is 3.46. The fraction of sp³-hybridized carbons (Fsp3) is 0.143. The van der Waals surface area contributed by atoms with E-state index in [1.807, 2.05) is 0 Å². The fourth-order valence-corrected chi connectivity index (χ4v) is 3.36. The third kappa shape index (κ3) is 2.29. The molecule has 1 aromatic carbocycles. The van der Waals surface area contributed by atoms with Crippen LogP contribution >= 0.6 is 34.8 Å². The van der Waals surface area contributed by atoms with E-state index in [1.165, 1.54) is 12.1 Å². The summed E-state index contributed by atoms with van der Waals surface area (Å²) in [7, 11) is 1.16. The molecule has 2 aromatic rings. The van der Waals surface area contributed by atoms with Crippen molar-refractivity contribution in [3.05, 3.63) is 62.1 Å². The number of amides is 1. The molecule has 0 saturated carbocycles. The first-order chi connectivity index (χ1) is 10.8. The van der Waals surface area contributed by atoms with Gasteiger partial charge < -0.3 is 5.11 Å². The molecule has 1 aliphatic rings. The summed E-state index contributed by atoms with van der Waals surface area (Å²) in [6.45, 7) is 0. The number of hydrogen-bond donors (Lipinski definition) is 1. The predicted molar refractivity (Wildman–Crippen MR) is 81.8 cm³/mol. The predicted octanol–water partition coefficient (Wildman–Crippen LogP) is 3.39. The standard InChI is InChI=1S/C14H8Cl3FN2O3/c1-23-20-13(21)12-11(9(16)5-10(17)19-12)14(20,22)7-4-6(18)2-3-8(7)15/h2-5,22H,1H3. The van der Waals surface area contributed by atoms with Gasteiger partial charge in [0.25, 0.3) is 5.91 Å². The smallest absolute Gasteiger partial charge is 0.299 e. The average molecular weight is 378 g/mol. The van der Waals surface area contributed by atoms with Crippen LogP contribution < -0.4 is 0 Å². The highest BCUT2D eigenvalue weighted by atomic mass is 35.5. The molecule has 3 rings (SSSR count). The van der Waals surface area contributed by atoms with E-state index in [-0.39, 0.29) is 32.0 Å². The molecule has 0 aliphatic carbocycles. The minimum Gasteiger partial charge on any atom is -0.361 e. The molecule has 23 heavy (non-hydrogen) atoms. The number of rotatable bonds is 2. The van der Waals surface area contributed by atoms with Crippen molar-refractivity contribution in [2.24, 2.45) is 0 Å². The van der Waals surface area contributed by atoms with E-state index < -0.39 is 17.4 Å². The molecular formula is C14H8Cl3FN2O3. The van der Waals surface area contributed by atoms with Crippen molar-refractivity contribution >= 4 is 40.7 Å². The van der Waals surface area contributed by atoms with Gasteiger partial charge in [0.1, 0.15) is 16.7 Å². The van der Waals surface area contributed by atoms with Crippen molar-refractivity contribution in [2.45, 2.75) is 5.72 Å². The van der Waals surface area contributed by atoms with Gasteiger partial charge in [0, 0.05) is 10.6 Å². The van der Waals surface area contributed by atoms with Crippen LogP contribution in [0.1, 0.15) is 21.6 Å². The normalized spacial score (nSPS) is 20.1. The van der Waals surface area contributed by atoms with E-state index in [0.717, 1.165) is 19.2 Å². The Morgan fingerprint density at radius 3 is 2.61 bits per heavy atom. The van der Waals surface area contributed by atoms with E-state index >= 15 is 0 Å². The number of carbonyl (C=O) groups is 1. The molecule has 0 bridgehead atoms. The van der Waals surface area contributed by atoms with Gasteiger partial charge in [0.2, 0.25) is 5.72 Å². The minimum atomic E-state index is -2.24. The molecule has 1 aromatic heterocycles. The molecule has 0 saturated heterocycles. The number of halogens is 4. The second-order valence-electron chi connectivity index (χ2n) is 4.73. The van der Waals surface area contributed by atoms with Crippen LogP contribution in [0.25, 0.3) is 0 Å². The summed E-state index contributed by atoms with van der Waals surface area (Å²) in [5, 5.41) is 11.8. The molecule has 120 valence electrons. The zero-order chi connectivity index (χ0) is 16.9. The summed E-state index contributed by atoms with van der Waals surface area (Å²) in [5.41, 5.74) is -2.64. The number of carbonyl (C=O) groups excluding carboxylic acids is 1. The number of aromatic nitrogens is 1. The van der Waals surface area contributed by atoms with Crippen molar-refractivity contribution in [1.82, 2.24) is 10.0 Å².